The fourth-order valence-corrected chi connectivity index (χ4v) is 1.52. The molecule has 0 saturated heterocycles. The largest absolute Gasteiger partial charge is 0.779 e. The zero-order valence-corrected chi connectivity index (χ0v) is 9.43. The molecule has 80 valence electrons. The van der Waals surface area contributed by atoms with E-state index in [1.165, 1.54) is 0 Å². The van der Waals surface area contributed by atoms with E-state index in [0.717, 1.165) is 13.0 Å². The lowest BCUT2D eigenvalue weighted by Gasteiger charge is -2.21. The molecule has 0 heterocycles. The summed E-state index contributed by atoms with van der Waals surface area (Å²) in [5, 5.41) is 3.23. The van der Waals surface area contributed by atoms with Crippen LogP contribution in [0, 0.1) is 0 Å². The lowest BCUT2D eigenvalue weighted by Crippen LogP contribution is -2.36. The van der Waals surface area contributed by atoms with Crippen LogP contribution in [-0.4, -0.2) is 23.1 Å². The molecule has 13 heavy (non-hydrogen) atoms. The summed E-state index contributed by atoms with van der Waals surface area (Å²) in [6, 6.07) is 0. The molecule has 4 nitrogen and oxygen atoms in total. The van der Waals surface area contributed by atoms with Crippen molar-refractivity contribution in [2.45, 2.75) is 39.2 Å². The first-order chi connectivity index (χ1) is 5.71. The van der Waals surface area contributed by atoms with Crippen LogP contribution in [0.1, 0.15) is 33.6 Å². The lowest BCUT2D eigenvalue weighted by molar-refractivity contribution is -0.193. The summed E-state index contributed by atoms with van der Waals surface area (Å²) in [6.45, 7) is 6.94. The zero-order chi connectivity index (χ0) is 10.5. The van der Waals surface area contributed by atoms with E-state index in [1.54, 1.807) is 0 Å². The van der Waals surface area contributed by atoms with Gasteiger partial charge in [0.15, 0.2) is 0 Å². The van der Waals surface area contributed by atoms with Crippen LogP contribution in [-0.2, 0) is 4.57 Å². The van der Waals surface area contributed by atoms with Crippen LogP contribution >= 0.6 is 7.60 Å². The average Bonchev–Trinajstić information content (AvgIpc) is 1.81. The van der Waals surface area contributed by atoms with Crippen LogP contribution in [0.4, 0.5) is 0 Å². The van der Waals surface area contributed by atoms with Gasteiger partial charge in [-0.05, 0) is 40.2 Å². The highest BCUT2D eigenvalue weighted by Gasteiger charge is 2.07. The normalized spacial score (nSPS) is 17.0. The highest BCUT2D eigenvalue weighted by atomic mass is 31.2. The number of rotatable bonds is 5. The van der Waals surface area contributed by atoms with E-state index in [4.69, 9.17) is 4.89 Å². The van der Waals surface area contributed by atoms with E-state index < -0.39 is 7.60 Å². The van der Waals surface area contributed by atoms with Crippen LogP contribution in [0.15, 0.2) is 0 Å². The van der Waals surface area contributed by atoms with Gasteiger partial charge in [-0.3, -0.25) is 0 Å². The average molecular weight is 208 g/mol. The third-order valence-corrected chi connectivity index (χ3v) is 2.40. The Morgan fingerprint density at radius 1 is 1.38 bits per heavy atom. The highest BCUT2D eigenvalue weighted by molar-refractivity contribution is 7.50. The Balaban J connectivity index is 3.33. The van der Waals surface area contributed by atoms with Crippen molar-refractivity contribution in [3.8, 4) is 0 Å². The monoisotopic (exact) mass is 208 g/mol. The van der Waals surface area contributed by atoms with Gasteiger partial charge in [-0.25, -0.2) is 0 Å². The molecule has 0 aliphatic heterocycles. The second kappa shape index (κ2) is 5.11. The molecule has 1 atom stereocenters. The maximum Gasteiger partial charge on any atom is 0.132 e. The number of hydrogen-bond donors (Lipinski definition) is 2. The molecule has 0 aromatic rings. The van der Waals surface area contributed by atoms with Crippen LogP contribution in [0.25, 0.3) is 0 Å². The molecule has 0 amide bonds. The first-order valence-electron chi connectivity index (χ1n) is 4.48. The van der Waals surface area contributed by atoms with Crippen molar-refractivity contribution < 1.29 is 14.4 Å². The summed E-state index contributed by atoms with van der Waals surface area (Å²) >= 11 is 0. The highest BCUT2D eigenvalue weighted by Crippen LogP contribution is 2.29. The zero-order valence-electron chi connectivity index (χ0n) is 8.54. The first kappa shape index (κ1) is 13.1. The SMILES string of the molecule is CC(C)(C)NCCCCP(=O)([O-])O. The third-order valence-electron chi connectivity index (χ3n) is 1.52. The van der Waals surface area contributed by atoms with Crippen molar-refractivity contribution in [3.05, 3.63) is 0 Å². The summed E-state index contributed by atoms with van der Waals surface area (Å²) in [5.74, 6) is 0. The quantitative estimate of drug-likeness (QED) is 0.515. The van der Waals surface area contributed by atoms with Gasteiger partial charge in [0.2, 0.25) is 0 Å². The fourth-order valence-electron chi connectivity index (χ4n) is 0.900. The van der Waals surface area contributed by atoms with Crippen molar-refractivity contribution in [2.24, 2.45) is 0 Å². The second-order valence-corrected chi connectivity index (χ2v) is 5.97. The Hall–Kier alpha value is 0.110. The summed E-state index contributed by atoms with van der Waals surface area (Å²) in [7, 11) is -4.02. The van der Waals surface area contributed by atoms with Crippen molar-refractivity contribution in [1.29, 1.82) is 0 Å². The molecule has 0 aliphatic rings. The Morgan fingerprint density at radius 3 is 2.31 bits per heavy atom. The standard InChI is InChI=1S/C8H20NO3P/c1-8(2,3)9-6-4-5-7-13(10,11)12/h9H,4-7H2,1-3H3,(H2,10,11,12)/p-1. The third kappa shape index (κ3) is 12.1. The predicted molar refractivity (Wildman–Crippen MR) is 51.7 cm³/mol. The second-order valence-electron chi connectivity index (χ2n) is 4.24. The molecule has 0 saturated carbocycles. The van der Waals surface area contributed by atoms with Gasteiger partial charge in [-0.2, -0.15) is 0 Å². The van der Waals surface area contributed by atoms with E-state index in [2.05, 4.69) is 26.1 Å². The van der Waals surface area contributed by atoms with Gasteiger partial charge in [0.25, 0.3) is 0 Å². The van der Waals surface area contributed by atoms with Gasteiger partial charge in [0.1, 0.15) is 7.60 Å². The molecule has 0 spiro atoms. The van der Waals surface area contributed by atoms with Gasteiger partial charge in [0.05, 0.1) is 0 Å². The Morgan fingerprint density at radius 2 is 1.92 bits per heavy atom. The summed E-state index contributed by atoms with van der Waals surface area (Å²) in [6.07, 6.45) is 1.17. The molecule has 0 aromatic heterocycles. The van der Waals surface area contributed by atoms with Crippen molar-refractivity contribution in [3.63, 3.8) is 0 Å². The first-order valence-corrected chi connectivity index (χ1v) is 6.25. The van der Waals surface area contributed by atoms with E-state index >= 15 is 0 Å². The van der Waals surface area contributed by atoms with Crippen LogP contribution in [0.5, 0.6) is 0 Å². The van der Waals surface area contributed by atoms with E-state index in [9.17, 15) is 9.46 Å². The van der Waals surface area contributed by atoms with Crippen molar-refractivity contribution in [1.82, 2.24) is 5.32 Å². The molecule has 1 unspecified atom stereocenters. The van der Waals surface area contributed by atoms with Crippen LogP contribution in [0.2, 0.25) is 0 Å². The number of hydrogen-bond acceptors (Lipinski definition) is 3. The maximum atomic E-state index is 10.4. The molecule has 0 radical (unpaired) electrons. The fraction of sp³-hybridized carbons (Fsp3) is 1.00. The smallest absolute Gasteiger partial charge is 0.132 e. The maximum absolute atomic E-state index is 10.4. The van der Waals surface area contributed by atoms with Gasteiger partial charge in [-0.15, -0.1) is 0 Å². The number of nitrogens with one attached hydrogen (secondary N) is 1. The molecular weight excluding hydrogens is 189 g/mol. The molecule has 0 aliphatic carbocycles. The Kier molecular flexibility index (Phi) is 5.15. The van der Waals surface area contributed by atoms with Gasteiger partial charge in [0, 0.05) is 11.7 Å². The molecule has 2 N–H and O–H groups in total. The molecule has 0 aromatic carbocycles. The summed E-state index contributed by atoms with van der Waals surface area (Å²) in [5.41, 5.74) is 0.0698. The summed E-state index contributed by atoms with van der Waals surface area (Å²) in [4.78, 5) is 18.8. The van der Waals surface area contributed by atoms with Crippen LogP contribution in [0.3, 0.4) is 0 Å². The Bertz CT molecular complexity index is 182. The van der Waals surface area contributed by atoms with E-state index in [1.807, 2.05) is 0 Å². The summed E-state index contributed by atoms with van der Waals surface area (Å²) < 4.78 is 10.4. The van der Waals surface area contributed by atoms with Crippen molar-refractivity contribution in [2.75, 3.05) is 12.7 Å². The van der Waals surface area contributed by atoms with Gasteiger partial charge in [-0.1, -0.05) is 0 Å². The number of unbranched alkanes of at least 4 members (excludes halogenated alkanes) is 1. The van der Waals surface area contributed by atoms with Gasteiger partial charge >= 0.3 is 0 Å². The van der Waals surface area contributed by atoms with E-state index in [0.29, 0.717) is 6.42 Å². The molecule has 0 fully saturated rings. The molecule has 5 heteroatoms. The topological polar surface area (TPSA) is 72.4 Å². The minimum atomic E-state index is -4.02. The Labute approximate surface area is 79.9 Å². The van der Waals surface area contributed by atoms with Gasteiger partial charge < -0.3 is 19.7 Å². The van der Waals surface area contributed by atoms with Crippen LogP contribution < -0.4 is 10.2 Å². The lowest BCUT2D eigenvalue weighted by atomic mass is 10.1. The molecule has 0 rings (SSSR count). The molecular formula is C8H19NO3P-. The minimum absolute atomic E-state index is 0.0698. The molecule has 0 bridgehead atoms. The minimum Gasteiger partial charge on any atom is -0.779 e. The van der Waals surface area contributed by atoms with E-state index in [-0.39, 0.29) is 11.7 Å². The van der Waals surface area contributed by atoms with Crippen molar-refractivity contribution >= 4 is 7.60 Å². The predicted octanol–water partition coefficient (Wildman–Crippen LogP) is 0.700.